The molecule has 3 rings (SSSR count). The molecule has 0 unspecified atom stereocenters. The van der Waals surface area contributed by atoms with Gasteiger partial charge in [0.2, 0.25) is 0 Å². The van der Waals surface area contributed by atoms with Crippen molar-refractivity contribution in [3.63, 3.8) is 0 Å². The lowest BCUT2D eigenvalue weighted by atomic mass is 9.78. The Bertz CT molecular complexity index is 667. The van der Waals surface area contributed by atoms with Crippen molar-refractivity contribution in [3.8, 4) is 11.1 Å². The summed E-state index contributed by atoms with van der Waals surface area (Å²) in [7, 11) is -0.553. The summed E-state index contributed by atoms with van der Waals surface area (Å²) in [5, 5.41) is 0. The van der Waals surface area contributed by atoms with E-state index in [-0.39, 0.29) is 5.82 Å². The first-order chi connectivity index (χ1) is 10.3. The van der Waals surface area contributed by atoms with Crippen LogP contribution in [0.3, 0.4) is 0 Å². The average molecular weight is 298 g/mol. The van der Waals surface area contributed by atoms with Gasteiger partial charge in [-0.2, -0.15) is 0 Å². The van der Waals surface area contributed by atoms with Gasteiger partial charge < -0.3 is 9.31 Å². The minimum atomic E-state index is -0.553. The van der Waals surface area contributed by atoms with E-state index >= 15 is 0 Å². The molecule has 22 heavy (non-hydrogen) atoms. The van der Waals surface area contributed by atoms with Gasteiger partial charge in [0, 0.05) is 0 Å². The van der Waals surface area contributed by atoms with Crippen LogP contribution in [0.15, 0.2) is 48.5 Å². The standard InChI is InChI=1S/C18H20BFO2/c1-17(2)18(3,4)22-19(21-17)15-10-14(11-16(20)12-15)13-8-6-5-7-9-13/h5-12H,1-4H3. The summed E-state index contributed by atoms with van der Waals surface area (Å²) in [6.07, 6.45) is 0. The first-order valence-corrected chi connectivity index (χ1v) is 7.50. The number of hydrogen-bond acceptors (Lipinski definition) is 2. The summed E-state index contributed by atoms with van der Waals surface area (Å²) in [6, 6.07) is 14.7. The Kier molecular flexibility index (Phi) is 3.62. The summed E-state index contributed by atoms with van der Waals surface area (Å²) >= 11 is 0. The van der Waals surface area contributed by atoms with Gasteiger partial charge in [-0.1, -0.05) is 36.4 Å². The van der Waals surface area contributed by atoms with Gasteiger partial charge in [-0.3, -0.25) is 0 Å². The van der Waals surface area contributed by atoms with E-state index in [1.807, 2.05) is 64.1 Å². The molecular formula is C18H20BFO2. The minimum absolute atomic E-state index is 0.286. The van der Waals surface area contributed by atoms with Gasteiger partial charge in [-0.15, -0.1) is 0 Å². The van der Waals surface area contributed by atoms with Crippen LogP contribution < -0.4 is 5.46 Å². The van der Waals surface area contributed by atoms with E-state index in [1.54, 1.807) is 0 Å². The van der Waals surface area contributed by atoms with Crippen LogP contribution in [0.4, 0.5) is 4.39 Å². The van der Waals surface area contributed by atoms with Crippen molar-refractivity contribution in [3.05, 3.63) is 54.3 Å². The Balaban J connectivity index is 1.98. The van der Waals surface area contributed by atoms with Crippen molar-refractivity contribution >= 4 is 12.6 Å². The molecule has 4 heteroatoms. The fraction of sp³-hybridized carbons (Fsp3) is 0.333. The third-order valence-corrected chi connectivity index (χ3v) is 4.55. The summed E-state index contributed by atoms with van der Waals surface area (Å²) in [5.74, 6) is -0.286. The van der Waals surface area contributed by atoms with Gasteiger partial charge in [0.25, 0.3) is 0 Å². The fourth-order valence-corrected chi connectivity index (χ4v) is 2.52. The first-order valence-electron chi connectivity index (χ1n) is 7.50. The second-order valence-corrected chi connectivity index (χ2v) is 6.73. The molecule has 0 saturated carbocycles. The Labute approximate surface area is 131 Å². The molecule has 0 bridgehead atoms. The summed E-state index contributed by atoms with van der Waals surface area (Å²) in [6.45, 7) is 7.96. The summed E-state index contributed by atoms with van der Waals surface area (Å²) < 4.78 is 26.1. The molecule has 0 aliphatic carbocycles. The Morgan fingerprint density at radius 3 is 2.00 bits per heavy atom. The highest BCUT2D eigenvalue weighted by Gasteiger charge is 2.51. The molecule has 0 spiro atoms. The number of hydrogen-bond donors (Lipinski definition) is 0. The molecule has 0 N–H and O–H groups in total. The fourth-order valence-electron chi connectivity index (χ4n) is 2.52. The smallest absolute Gasteiger partial charge is 0.399 e. The first kappa shape index (κ1) is 15.3. The lowest BCUT2D eigenvalue weighted by Gasteiger charge is -2.32. The maximum absolute atomic E-state index is 14.0. The molecule has 1 aliphatic heterocycles. The van der Waals surface area contributed by atoms with Gasteiger partial charge >= 0.3 is 7.12 Å². The Morgan fingerprint density at radius 1 is 0.818 bits per heavy atom. The predicted molar refractivity (Wildman–Crippen MR) is 87.6 cm³/mol. The topological polar surface area (TPSA) is 18.5 Å². The predicted octanol–water partition coefficient (Wildman–Crippen LogP) is 3.79. The lowest BCUT2D eigenvalue weighted by Crippen LogP contribution is -2.41. The molecule has 1 heterocycles. The van der Waals surface area contributed by atoms with Crippen LogP contribution in [-0.2, 0) is 9.31 Å². The molecule has 2 aromatic rings. The van der Waals surface area contributed by atoms with Crippen LogP contribution in [0.5, 0.6) is 0 Å². The molecule has 1 saturated heterocycles. The third-order valence-electron chi connectivity index (χ3n) is 4.55. The molecule has 1 fully saturated rings. The SMILES string of the molecule is CC1(C)OB(c2cc(F)cc(-c3ccccc3)c2)OC1(C)C. The highest BCUT2D eigenvalue weighted by Crippen LogP contribution is 2.36. The van der Waals surface area contributed by atoms with Gasteiger partial charge in [0.05, 0.1) is 11.2 Å². The number of halogens is 1. The van der Waals surface area contributed by atoms with Crippen molar-refractivity contribution in [2.24, 2.45) is 0 Å². The zero-order chi connectivity index (χ0) is 16.0. The van der Waals surface area contributed by atoms with E-state index in [0.29, 0.717) is 5.46 Å². The Morgan fingerprint density at radius 2 is 1.41 bits per heavy atom. The van der Waals surface area contributed by atoms with Crippen molar-refractivity contribution in [1.29, 1.82) is 0 Å². The highest BCUT2D eigenvalue weighted by atomic mass is 19.1. The zero-order valence-corrected chi connectivity index (χ0v) is 13.4. The van der Waals surface area contributed by atoms with Gasteiger partial charge in [-0.25, -0.2) is 4.39 Å². The normalized spacial score (nSPS) is 19.4. The monoisotopic (exact) mass is 298 g/mol. The Hall–Kier alpha value is -1.65. The molecule has 0 amide bonds. The molecular weight excluding hydrogens is 278 g/mol. The molecule has 2 nitrogen and oxygen atoms in total. The lowest BCUT2D eigenvalue weighted by molar-refractivity contribution is 0.00578. The second kappa shape index (κ2) is 5.22. The van der Waals surface area contributed by atoms with E-state index in [0.717, 1.165) is 11.1 Å². The van der Waals surface area contributed by atoms with Crippen LogP contribution in [-0.4, -0.2) is 18.3 Å². The van der Waals surface area contributed by atoms with Crippen LogP contribution in [0, 0.1) is 5.82 Å². The quantitative estimate of drug-likeness (QED) is 0.785. The van der Waals surface area contributed by atoms with Crippen molar-refractivity contribution in [1.82, 2.24) is 0 Å². The van der Waals surface area contributed by atoms with E-state index < -0.39 is 18.3 Å². The molecule has 2 aromatic carbocycles. The van der Waals surface area contributed by atoms with Crippen molar-refractivity contribution < 1.29 is 13.7 Å². The molecule has 0 atom stereocenters. The molecule has 0 aromatic heterocycles. The van der Waals surface area contributed by atoms with Gasteiger partial charge in [0.1, 0.15) is 5.82 Å². The number of rotatable bonds is 2. The molecule has 1 aliphatic rings. The van der Waals surface area contributed by atoms with E-state index in [1.165, 1.54) is 12.1 Å². The summed E-state index contributed by atoms with van der Waals surface area (Å²) in [4.78, 5) is 0. The average Bonchev–Trinajstić information content (AvgIpc) is 2.68. The van der Waals surface area contributed by atoms with E-state index in [4.69, 9.17) is 9.31 Å². The zero-order valence-electron chi connectivity index (χ0n) is 13.4. The minimum Gasteiger partial charge on any atom is -0.399 e. The highest BCUT2D eigenvalue weighted by molar-refractivity contribution is 6.62. The maximum atomic E-state index is 14.0. The van der Waals surface area contributed by atoms with Crippen molar-refractivity contribution in [2.75, 3.05) is 0 Å². The largest absolute Gasteiger partial charge is 0.494 e. The van der Waals surface area contributed by atoms with E-state index in [2.05, 4.69) is 0 Å². The van der Waals surface area contributed by atoms with Crippen molar-refractivity contribution in [2.45, 2.75) is 38.9 Å². The second-order valence-electron chi connectivity index (χ2n) is 6.73. The third kappa shape index (κ3) is 2.69. The number of benzene rings is 2. The van der Waals surface area contributed by atoms with Crippen LogP contribution in [0.2, 0.25) is 0 Å². The van der Waals surface area contributed by atoms with Gasteiger partial charge in [0.15, 0.2) is 0 Å². The van der Waals surface area contributed by atoms with Gasteiger partial charge in [-0.05, 0) is 56.4 Å². The van der Waals surface area contributed by atoms with Crippen LogP contribution >= 0.6 is 0 Å². The van der Waals surface area contributed by atoms with E-state index in [9.17, 15) is 4.39 Å². The van der Waals surface area contributed by atoms with Crippen LogP contribution in [0.1, 0.15) is 27.7 Å². The van der Waals surface area contributed by atoms with Crippen LogP contribution in [0.25, 0.3) is 11.1 Å². The maximum Gasteiger partial charge on any atom is 0.494 e. The summed E-state index contributed by atoms with van der Waals surface area (Å²) in [5.41, 5.74) is 1.64. The molecule has 114 valence electrons. The molecule has 0 radical (unpaired) electrons.